The Labute approximate surface area is 117 Å². The molecule has 0 fully saturated rings. The average Bonchev–Trinajstić information content (AvgIpc) is 2.39. The predicted octanol–water partition coefficient (Wildman–Crippen LogP) is 3.21. The number of rotatable bonds is 3. The molecule has 0 saturated carbocycles. The van der Waals surface area contributed by atoms with Crippen molar-refractivity contribution in [1.82, 2.24) is 0 Å². The lowest BCUT2D eigenvalue weighted by atomic mass is 10.1. The normalized spacial score (nSPS) is 10.3. The molecule has 0 bridgehead atoms. The third-order valence-corrected chi connectivity index (χ3v) is 3.20. The molecule has 0 spiro atoms. The highest BCUT2D eigenvalue weighted by atomic mass is 19.1. The predicted molar refractivity (Wildman–Crippen MR) is 79.1 cm³/mol. The standard InChI is InChI=1S/C16H17FN2O/c1-10-8-15(11(2)7-14(10)18)19-16(20)9-12-5-3-4-6-13(12)17/h3-8H,9,18H2,1-2H3,(H,19,20). The summed E-state index contributed by atoms with van der Waals surface area (Å²) >= 11 is 0. The lowest BCUT2D eigenvalue weighted by Crippen LogP contribution is -2.16. The van der Waals surface area contributed by atoms with Gasteiger partial charge in [0.05, 0.1) is 6.42 Å². The van der Waals surface area contributed by atoms with Gasteiger partial charge in [-0.2, -0.15) is 0 Å². The van der Waals surface area contributed by atoms with Crippen molar-refractivity contribution in [3.63, 3.8) is 0 Å². The minimum Gasteiger partial charge on any atom is -0.399 e. The molecule has 0 saturated heterocycles. The largest absolute Gasteiger partial charge is 0.399 e. The molecule has 1 amide bonds. The minimum atomic E-state index is -0.368. The number of amides is 1. The maximum atomic E-state index is 13.5. The van der Waals surface area contributed by atoms with Gasteiger partial charge in [0.1, 0.15) is 5.82 Å². The number of carbonyl (C=O) groups is 1. The van der Waals surface area contributed by atoms with Crippen LogP contribution in [0.15, 0.2) is 36.4 Å². The van der Waals surface area contributed by atoms with Gasteiger partial charge in [-0.1, -0.05) is 18.2 Å². The summed E-state index contributed by atoms with van der Waals surface area (Å²) in [6.07, 6.45) is 0.00946. The number of hydrogen-bond acceptors (Lipinski definition) is 2. The Hall–Kier alpha value is -2.36. The van der Waals surface area contributed by atoms with E-state index in [4.69, 9.17) is 5.73 Å². The zero-order valence-corrected chi connectivity index (χ0v) is 11.5. The fraction of sp³-hybridized carbons (Fsp3) is 0.188. The molecule has 3 nitrogen and oxygen atoms in total. The van der Waals surface area contributed by atoms with E-state index in [9.17, 15) is 9.18 Å². The van der Waals surface area contributed by atoms with Crippen LogP contribution < -0.4 is 11.1 Å². The summed E-state index contributed by atoms with van der Waals surface area (Å²) in [6.45, 7) is 3.75. The second-order valence-corrected chi connectivity index (χ2v) is 4.84. The molecule has 3 N–H and O–H groups in total. The molecule has 0 heterocycles. The van der Waals surface area contributed by atoms with E-state index in [1.807, 2.05) is 26.0 Å². The second-order valence-electron chi connectivity index (χ2n) is 4.84. The van der Waals surface area contributed by atoms with E-state index in [1.165, 1.54) is 6.07 Å². The summed E-state index contributed by atoms with van der Waals surface area (Å²) in [7, 11) is 0. The first-order valence-corrected chi connectivity index (χ1v) is 6.37. The number of benzene rings is 2. The molecular formula is C16H17FN2O. The van der Waals surface area contributed by atoms with E-state index in [0.717, 1.165) is 11.1 Å². The Morgan fingerprint density at radius 1 is 1.20 bits per heavy atom. The van der Waals surface area contributed by atoms with Crippen molar-refractivity contribution in [2.75, 3.05) is 11.1 Å². The van der Waals surface area contributed by atoms with Crippen molar-refractivity contribution >= 4 is 17.3 Å². The quantitative estimate of drug-likeness (QED) is 0.843. The summed E-state index contributed by atoms with van der Waals surface area (Å²) in [5.74, 6) is -0.616. The van der Waals surface area contributed by atoms with Gasteiger partial charge < -0.3 is 11.1 Å². The molecule has 2 rings (SSSR count). The average molecular weight is 272 g/mol. The van der Waals surface area contributed by atoms with Gasteiger partial charge in [0, 0.05) is 11.4 Å². The number of carbonyl (C=O) groups excluding carboxylic acids is 1. The summed E-state index contributed by atoms with van der Waals surface area (Å²) in [5.41, 5.74) is 9.37. The number of nitrogens with one attached hydrogen (secondary N) is 1. The third-order valence-electron chi connectivity index (χ3n) is 3.20. The van der Waals surface area contributed by atoms with Crippen LogP contribution >= 0.6 is 0 Å². The van der Waals surface area contributed by atoms with Crippen LogP contribution in [0.25, 0.3) is 0 Å². The molecule has 0 aliphatic heterocycles. The van der Waals surface area contributed by atoms with Crippen LogP contribution in [-0.4, -0.2) is 5.91 Å². The van der Waals surface area contributed by atoms with Crippen LogP contribution in [0.2, 0.25) is 0 Å². The molecule has 0 aliphatic rings. The number of halogens is 1. The monoisotopic (exact) mass is 272 g/mol. The SMILES string of the molecule is Cc1cc(NC(=O)Cc2ccccc2F)c(C)cc1N. The van der Waals surface area contributed by atoms with Gasteiger partial charge in [0.25, 0.3) is 0 Å². The van der Waals surface area contributed by atoms with Crippen molar-refractivity contribution in [2.45, 2.75) is 20.3 Å². The van der Waals surface area contributed by atoms with Gasteiger partial charge in [-0.05, 0) is 48.7 Å². The highest BCUT2D eigenvalue weighted by molar-refractivity contribution is 5.93. The first-order valence-electron chi connectivity index (χ1n) is 6.37. The molecule has 2 aromatic carbocycles. The number of hydrogen-bond donors (Lipinski definition) is 2. The Balaban J connectivity index is 2.13. The molecule has 2 aromatic rings. The Kier molecular flexibility index (Phi) is 4.03. The number of nitrogen functional groups attached to an aromatic ring is 1. The van der Waals surface area contributed by atoms with Gasteiger partial charge >= 0.3 is 0 Å². The van der Waals surface area contributed by atoms with Gasteiger partial charge in [0.15, 0.2) is 0 Å². The zero-order chi connectivity index (χ0) is 14.7. The third kappa shape index (κ3) is 3.15. The summed E-state index contributed by atoms with van der Waals surface area (Å²) in [4.78, 5) is 12.0. The van der Waals surface area contributed by atoms with E-state index in [2.05, 4.69) is 5.32 Å². The summed E-state index contributed by atoms with van der Waals surface area (Å²) in [5, 5.41) is 2.79. The molecular weight excluding hydrogens is 255 g/mol. The topological polar surface area (TPSA) is 55.1 Å². The molecule has 0 atom stereocenters. The maximum absolute atomic E-state index is 13.5. The molecule has 20 heavy (non-hydrogen) atoms. The highest BCUT2D eigenvalue weighted by Crippen LogP contribution is 2.22. The molecule has 0 radical (unpaired) electrons. The van der Waals surface area contributed by atoms with Gasteiger partial charge in [-0.25, -0.2) is 4.39 Å². The molecule has 104 valence electrons. The molecule has 0 unspecified atom stereocenters. The zero-order valence-electron chi connectivity index (χ0n) is 11.5. The van der Waals surface area contributed by atoms with E-state index in [-0.39, 0.29) is 18.1 Å². The Morgan fingerprint density at radius 3 is 2.60 bits per heavy atom. The first kappa shape index (κ1) is 14.1. The molecule has 4 heteroatoms. The number of aryl methyl sites for hydroxylation is 2. The van der Waals surface area contributed by atoms with Crippen molar-refractivity contribution in [3.05, 3.63) is 58.9 Å². The highest BCUT2D eigenvalue weighted by Gasteiger charge is 2.10. The van der Waals surface area contributed by atoms with Crippen LogP contribution in [0.4, 0.5) is 15.8 Å². The van der Waals surface area contributed by atoms with E-state index in [1.54, 1.807) is 18.2 Å². The van der Waals surface area contributed by atoms with Crippen molar-refractivity contribution < 1.29 is 9.18 Å². The van der Waals surface area contributed by atoms with Gasteiger partial charge in [-0.15, -0.1) is 0 Å². The Bertz CT molecular complexity index is 653. The summed E-state index contributed by atoms with van der Waals surface area (Å²) in [6, 6.07) is 9.91. The second kappa shape index (κ2) is 5.74. The minimum absolute atomic E-state index is 0.00946. The van der Waals surface area contributed by atoms with Crippen LogP contribution in [0.5, 0.6) is 0 Å². The summed E-state index contributed by atoms with van der Waals surface area (Å²) < 4.78 is 13.5. The maximum Gasteiger partial charge on any atom is 0.228 e. The van der Waals surface area contributed by atoms with Crippen LogP contribution in [0.3, 0.4) is 0 Å². The van der Waals surface area contributed by atoms with Crippen molar-refractivity contribution in [1.29, 1.82) is 0 Å². The van der Waals surface area contributed by atoms with Crippen molar-refractivity contribution in [2.24, 2.45) is 0 Å². The van der Waals surface area contributed by atoms with Gasteiger partial charge in [-0.3, -0.25) is 4.79 Å². The van der Waals surface area contributed by atoms with E-state index >= 15 is 0 Å². The van der Waals surface area contributed by atoms with E-state index in [0.29, 0.717) is 16.9 Å². The fourth-order valence-electron chi connectivity index (χ4n) is 1.98. The number of nitrogens with two attached hydrogens (primary N) is 1. The van der Waals surface area contributed by atoms with E-state index < -0.39 is 0 Å². The smallest absolute Gasteiger partial charge is 0.228 e. The lowest BCUT2D eigenvalue weighted by Gasteiger charge is -2.11. The molecule has 0 aromatic heterocycles. The molecule has 0 aliphatic carbocycles. The fourth-order valence-corrected chi connectivity index (χ4v) is 1.98. The van der Waals surface area contributed by atoms with Crippen LogP contribution in [0.1, 0.15) is 16.7 Å². The lowest BCUT2D eigenvalue weighted by molar-refractivity contribution is -0.115. The first-order chi connectivity index (χ1) is 9.47. The van der Waals surface area contributed by atoms with Crippen molar-refractivity contribution in [3.8, 4) is 0 Å². The van der Waals surface area contributed by atoms with Crippen LogP contribution in [-0.2, 0) is 11.2 Å². The Morgan fingerprint density at radius 2 is 1.90 bits per heavy atom. The van der Waals surface area contributed by atoms with Crippen LogP contribution in [0, 0.1) is 19.7 Å². The van der Waals surface area contributed by atoms with Gasteiger partial charge in [0.2, 0.25) is 5.91 Å². The number of anilines is 2.